The number of carbonyl (C=O) groups excluding carboxylic acids is 2. The van der Waals surface area contributed by atoms with Gasteiger partial charge in [-0.2, -0.15) is 18.2 Å². The Labute approximate surface area is 246 Å². The SMILES string of the molecule is COc1cc2c(cc1OCC(F)(F)F)CCN1CC(CC(C)C)C(OC(=O)C(C=NC(=O)OC(C)(C)C)C(C)C)CC21. The zero-order valence-electron chi connectivity index (χ0n) is 25.9. The fraction of sp³-hybridized carbons (Fsp3) is 0.710. The fourth-order valence-corrected chi connectivity index (χ4v) is 5.66. The largest absolute Gasteiger partial charge is 0.493 e. The molecule has 3 rings (SSSR count). The normalized spacial score (nSPS) is 22.1. The number of alkyl halides is 3. The van der Waals surface area contributed by atoms with E-state index in [1.807, 2.05) is 13.8 Å². The van der Waals surface area contributed by atoms with Crippen LogP contribution in [0.25, 0.3) is 0 Å². The smallest absolute Gasteiger partial charge is 0.433 e. The zero-order chi connectivity index (χ0) is 31.4. The van der Waals surface area contributed by atoms with Gasteiger partial charge in [0.15, 0.2) is 18.1 Å². The first-order valence-electron chi connectivity index (χ1n) is 14.6. The number of amides is 1. The third kappa shape index (κ3) is 9.34. The van der Waals surface area contributed by atoms with Crippen LogP contribution >= 0.6 is 0 Å². The quantitative estimate of drug-likeness (QED) is 0.229. The Morgan fingerprint density at radius 2 is 1.81 bits per heavy atom. The molecule has 0 radical (unpaired) electrons. The summed E-state index contributed by atoms with van der Waals surface area (Å²) in [6.07, 6.45) is -2.26. The van der Waals surface area contributed by atoms with Gasteiger partial charge in [-0.05, 0) is 68.7 Å². The molecular formula is C31H45F3N2O6. The molecule has 0 N–H and O–H groups in total. The maximum absolute atomic E-state index is 13.5. The molecule has 0 bridgehead atoms. The number of hydrogen-bond acceptors (Lipinski definition) is 7. The number of piperidine rings is 1. The first-order chi connectivity index (χ1) is 19.5. The van der Waals surface area contributed by atoms with Gasteiger partial charge in [-0.25, -0.2) is 4.79 Å². The first kappa shape index (κ1) is 33.7. The van der Waals surface area contributed by atoms with Gasteiger partial charge >= 0.3 is 18.2 Å². The first-order valence-corrected chi connectivity index (χ1v) is 14.6. The number of fused-ring (bicyclic) bond motifs is 3. The third-order valence-corrected chi connectivity index (χ3v) is 7.50. The maximum Gasteiger partial charge on any atom is 0.433 e. The highest BCUT2D eigenvalue weighted by Crippen LogP contribution is 2.45. The van der Waals surface area contributed by atoms with Gasteiger partial charge in [0.1, 0.15) is 11.7 Å². The summed E-state index contributed by atoms with van der Waals surface area (Å²) in [6, 6.07) is 3.29. The van der Waals surface area contributed by atoms with Crippen LogP contribution < -0.4 is 9.47 Å². The Morgan fingerprint density at radius 3 is 2.38 bits per heavy atom. The van der Waals surface area contributed by atoms with Crippen LogP contribution in [0.3, 0.4) is 0 Å². The summed E-state index contributed by atoms with van der Waals surface area (Å²) in [5.74, 6) is -0.580. The van der Waals surface area contributed by atoms with Crippen LogP contribution in [0, 0.1) is 23.7 Å². The molecule has 2 aliphatic rings. The molecule has 1 aromatic rings. The monoisotopic (exact) mass is 598 g/mol. The minimum Gasteiger partial charge on any atom is -0.493 e. The molecule has 0 saturated carbocycles. The molecule has 1 amide bonds. The number of aliphatic imine (C=N–C) groups is 1. The second kappa shape index (κ2) is 13.7. The van der Waals surface area contributed by atoms with Gasteiger partial charge in [0.2, 0.25) is 0 Å². The van der Waals surface area contributed by atoms with Crippen LogP contribution in [0.1, 0.15) is 78.5 Å². The zero-order valence-corrected chi connectivity index (χ0v) is 25.9. The topological polar surface area (TPSA) is 86.7 Å². The van der Waals surface area contributed by atoms with Crippen molar-refractivity contribution in [3.05, 3.63) is 23.3 Å². The number of hydrogen-bond donors (Lipinski definition) is 0. The molecule has 0 spiro atoms. The second-order valence-corrected chi connectivity index (χ2v) is 13.0. The van der Waals surface area contributed by atoms with E-state index in [9.17, 15) is 22.8 Å². The summed E-state index contributed by atoms with van der Waals surface area (Å²) < 4.78 is 60.4. The number of benzene rings is 1. The Kier molecular flexibility index (Phi) is 10.9. The summed E-state index contributed by atoms with van der Waals surface area (Å²) in [5, 5.41) is 0. The highest BCUT2D eigenvalue weighted by Gasteiger charge is 2.42. The lowest BCUT2D eigenvalue weighted by Crippen LogP contribution is -2.50. The molecule has 4 unspecified atom stereocenters. The van der Waals surface area contributed by atoms with Crippen LogP contribution in [-0.2, 0) is 20.7 Å². The Hall–Kier alpha value is -2.82. The van der Waals surface area contributed by atoms with Crippen molar-refractivity contribution in [2.45, 2.75) is 91.7 Å². The van der Waals surface area contributed by atoms with Crippen molar-refractivity contribution in [2.75, 3.05) is 26.8 Å². The third-order valence-electron chi connectivity index (χ3n) is 7.50. The molecule has 11 heteroatoms. The fourth-order valence-electron chi connectivity index (χ4n) is 5.66. The number of rotatable bonds is 9. The molecule has 1 aromatic carbocycles. The number of nitrogens with zero attached hydrogens (tertiary/aromatic N) is 2. The van der Waals surface area contributed by atoms with Crippen LogP contribution in [0.5, 0.6) is 11.5 Å². The van der Waals surface area contributed by atoms with E-state index in [0.717, 1.165) is 24.1 Å². The van der Waals surface area contributed by atoms with Crippen molar-refractivity contribution in [2.24, 2.45) is 28.7 Å². The molecule has 236 valence electrons. The summed E-state index contributed by atoms with van der Waals surface area (Å²) in [4.78, 5) is 31.9. The summed E-state index contributed by atoms with van der Waals surface area (Å²) in [5.41, 5.74) is 1.13. The molecule has 1 saturated heterocycles. The molecule has 4 atom stereocenters. The van der Waals surface area contributed by atoms with Crippen molar-refractivity contribution < 1.29 is 41.7 Å². The van der Waals surface area contributed by atoms with Gasteiger partial charge in [0.25, 0.3) is 0 Å². The molecule has 8 nitrogen and oxygen atoms in total. The lowest BCUT2D eigenvalue weighted by molar-refractivity contribution is -0.161. The molecule has 0 aliphatic carbocycles. The van der Waals surface area contributed by atoms with Crippen LogP contribution in [0.2, 0.25) is 0 Å². The predicted octanol–water partition coefficient (Wildman–Crippen LogP) is 6.79. The average Bonchev–Trinajstić information content (AvgIpc) is 2.85. The van der Waals surface area contributed by atoms with Gasteiger partial charge in [-0.3, -0.25) is 9.69 Å². The highest BCUT2D eigenvalue weighted by molar-refractivity contribution is 5.94. The standard InChI is InChI=1S/C31H45F3N2O6/c1-18(2)11-21-16-36-10-9-20-12-27(40-17-31(32,33)34)26(39-8)13-22(20)24(36)14-25(21)41-28(37)23(19(3)4)15-35-29(38)42-30(5,6)7/h12-13,15,18-19,21,23-25H,9-11,14,16-17H2,1-8H3. The molecule has 2 aliphatic heterocycles. The summed E-state index contributed by atoms with van der Waals surface area (Å²) in [7, 11) is 1.40. The number of carbonyl (C=O) groups is 2. The van der Waals surface area contributed by atoms with E-state index in [1.54, 1.807) is 32.9 Å². The average molecular weight is 599 g/mol. The minimum atomic E-state index is -4.46. The Bertz CT molecular complexity index is 1130. The van der Waals surface area contributed by atoms with E-state index in [1.165, 1.54) is 13.3 Å². The number of halogens is 3. The van der Waals surface area contributed by atoms with Crippen molar-refractivity contribution in [1.29, 1.82) is 0 Å². The van der Waals surface area contributed by atoms with E-state index >= 15 is 0 Å². The second-order valence-electron chi connectivity index (χ2n) is 13.0. The Balaban J connectivity index is 1.85. The van der Waals surface area contributed by atoms with Crippen molar-refractivity contribution in [3.8, 4) is 11.5 Å². The molecule has 42 heavy (non-hydrogen) atoms. The van der Waals surface area contributed by atoms with Crippen molar-refractivity contribution in [1.82, 2.24) is 4.90 Å². The van der Waals surface area contributed by atoms with Gasteiger partial charge in [0, 0.05) is 37.7 Å². The Morgan fingerprint density at radius 1 is 1.12 bits per heavy atom. The lowest BCUT2D eigenvalue weighted by atomic mass is 9.79. The van der Waals surface area contributed by atoms with E-state index in [4.69, 9.17) is 18.9 Å². The van der Waals surface area contributed by atoms with Crippen molar-refractivity contribution >= 4 is 18.3 Å². The van der Waals surface area contributed by atoms with Gasteiger partial charge in [-0.1, -0.05) is 27.7 Å². The minimum absolute atomic E-state index is 0.0579. The molecular weight excluding hydrogens is 553 g/mol. The number of ether oxygens (including phenoxy) is 4. The highest BCUT2D eigenvalue weighted by atomic mass is 19.4. The van der Waals surface area contributed by atoms with Gasteiger partial charge < -0.3 is 18.9 Å². The van der Waals surface area contributed by atoms with E-state index in [-0.39, 0.29) is 29.4 Å². The molecule has 1 fully saturated rings. The maximum atomic E-state index is 13.5. The number of methoxy groups -OCH3 is 1. The summed E-state index contributed by atoms with van der Waals surface area (Å²) in [6.45, 7) is 13.3. The lowest BCUT2D eigenvalue weighted by Gasteiger charge is -2.47. The van der Waals surface area contributed by atoms with Gasteiger partial charge in [-0.15, -0.1) is 0 Å². The number of esters is 1. The molecule has 2 heterocycles. The predicted molar refractivity (Wildman–Crippen MR) is 153 cm³/mol. The van der Waals surface area contributed by atoms with E-state index in [2.05, 4.69) is 23.7 Å². The summed E-state index contributed by atoms with van der Waals surface area (Å²) >= 11 is 0. The molecule has 0 aromatic heterocycles. The van der Waals surface area contributed by atoms with Crippen molar-refractivity contribution in [3.63, 3.8) is 0 Å². The van der Waals surface area contributed by atoms with Crippen LogP contribution in [-0.4, -0.2) is 67.9 Å². The van der Waals surface area contributed by atoms with E-state index < -0.39 is 42.5 Å². The van der Waals surface area contributed by atoms with E-state index in [0.29, 0.717) is 25.3 Å². The van der Waals surface area contributed by atoms with Crippen LogP contribution in [0.4, 0.5) is 18.0 Å². The van der Waals surface area contributed by atoms with Crippen LogP contribution in [0.15, 0.2) is 17.1 Å². The van der Waals surface area contributed by atoms with Gasteiger partial charge in [0.05, 0.1) is 13.0 Å².